The van der Waals surface area contributed by atoms with Crippen LogP contribution in [-0.4, -0.2) is 96.6 Å². The largest absolute Gasteiger partial charge is 0.493 e. The van der Waals surface area contributed by atoms with Gasteiger partial charge in [0.25, 0.3) is 5.91 Å². The zero-order chi connectivity index (χ0) is 30.3. The normalized spacial score (nSPS) is 16.9. The van der Waals surface area contributed by atoms with Crippen LogP contribution in [0.2, 0.25) is 0 Å². The number of piperazine rings is 1. The van der Waals surface area contributed by atoms with Gasteiger partial charge in [-0.15, -0.1) is 0 Å². The Labute approximate surface area is 249 Å². The van der Waals surface area contributed by atoms with Gasteiger partial charge in [-0.05, 0) is 24.5 Å². The Balaban J connectivity index is 1.61. The molecule has 1 saturated carbocycles. The van der Waals surface area contributed by atoms with E-state index in [2.05, 4.69) is 0 Å². The lowest BCUT2D eigenvalue weighted by atomic mass is 9.86. The van der Waals surface area contributed by atoms with Gasteiger partial charge in [-0.3, -0.25) is 9.28 Å². The highest BCUT2D eigenvalue weighted by molar-refractivity contribution is 5.96. The topological polar surface area (TPSA) is 92.8 Å². The molecular weight excluding hydrogens is 540 g/mol. The smallest absolute Gasteiger partial charge is 0.346 e. The quantitative estimate of drug-likeness (QED) is 0.347. The molecule has 2 aromatic carbocycles. The number of carbonyl (C=O) groups is 2. The fourth-order valence-electron chi connectivity index (χ4n) is 6.35. The maximum atomic E-state index is 14.4. The van der Waals surface area contributed by atoms with E-state index in [1.165, 1.54) is 53.4 Å². The number of carbonyl (C=O) groups excluding carboxylic acids is 2. The van der Waals surface area contributed by atoms with Crippen LogP contribution in [-0.2, 0) is 0 Å². The van der Waals surface area contributed by atoms with Crippen molar-refractivity contribution in [2.24, 2.45) is 5.92 Å². The van der Waals surface area contributed by atoms with Crippen molar-refractivity contribution in [3.05, 3.63) is 35.4 Å². The predicted octanol–water partition coefficient (Wildman–Crippen LogP) is 4.82. The van der Waals surface area contributed by atoms with Crippen molar-refractivity contribution in [3.8, 4) is 34.5 Å². The third kappa shape index (κ3) is 6.38. The summed E-state index contributed by atoms with van der Waals surface area (Å²) in [5.74, 6) is 3.11. The average molecular weight is 586 g/mol. The van der Waals surface area contributed by atoms with Crippen molar-refractivity contribution in [2.75, 3.05) is 75.4 Å². The maximum absolute atomic E-state index is 14.4. The molecule has 42 heavy (non-hydrogen) atoms. The number of nitrogens with zero attached hydrogens (tertiary/aromatic N) is 2. The second-order valence-corrected chi connectivity index (χ2v) is 11.0. The van der Waals surface area contributed by atoms with Gasteiger partial charge in [-0.1, -0.05) is 32.1 Å². The van der Waals surface area contributed by atoms with Crippen LogP contribution < -0.4 is 28.4 Å². The Kier molecular flexibility index (Phi) is 10.4. The summed E-state index contributed by atoms with van der Waals surface area (Å²) in [6.07, 6.45) is 7.20. The van der Waals surface area contributed by atoms with E-state index >= 15 is 0 Å². The lowest BCUT2D eigenvalue weighted by molar-refractivity contribution is -0.854. The lowest BCUT2D eigenvalue weighted by Crippen LogP contribution is -2.63. The molecule has 0 radical (unpaired) electrons. The van der Waals surface area contributed by atoms with E-state index in [0.717, 1.165) is 13.0 Å². The second-order valence-electron chi connectivity index (χ2n) is 11.0. The summed E-state index contributed by atoms with van der Waals surface area (Å²) < 4.78 is 33.2. The molecule has 0 aromatic heterocycles. The minimum absolute atomic E-state index is 0.00458. The number of hydrogen-bond donors (Lipinski definition) is 0. The Bertz CT molecular complexity index is 1200. The molecule has 1 aliphatic heterocycles. The van der Waals surface area contributed by atoms with Crippen LogP contribution in [0.1, 0.15) is 59.2 Å². The molecule has 0 unspecified atom stereocenters. The molecule has 2 aliphatic rings. The van der Waals surface area contributed by atoms with E-state index in [1.54, 1.807) is 50.5 Å². The average Bonchev–Trinajstić information content (AvgIpc) is 3.05. The van der Waals surface area contributed by atoms with Gasteiger partial charge < -0.3 is 33.3 Å². The van der Waals surface area contributed by atoms with Crippen molar-refractivity contribution in [1.82, 2.24) is 4.90 Å². The van der Waals surface area contributed by atoms with Crippen molar-refractivity contribution in [1.29, 1.82) is 0 Å². The molecule has 4 rings (SSSR count). The van der Waals surface area contributed by atoms with Gasteiger partial charge in [0, 0.05) is 17.7 Å². The van der Waals surface area contributed by atoms with Gasteiger partial charge in [-0.25, -0.2) is 4.79 Å². The molecule has 2 fully saturated rings. The molecule has 1 aliphatic carbocycles. The number of methoxy groups -OCH3 is 6. The summed E-state index contributed by atoms with van der Waals surface area (Å²) in [4.78, 5) is 29.9. The van der Waals surface area contributed by atoms with E-state index < -0.39 is 0 Å². The fraction of sp³-hybridized carbons (Fsp3) is 0.562. The molecule has 2 aromatic rings. The van der Waals surface area contributed by atoms with E-state index in [1.807, 2.05) is 0 Å². The Morgan fingerprint density at radius 2 is 1.14 bits per heavy atom. The zero-order valence-electron chi connectivity index (χ0n) is 25.8. The summed E-state index contributed by atoms with van der Waals surface area (Å²) in [6.45, 7) is 2.63. The van der Waals surface area contributed by atoms with Gasteiger partial charge >= 0.3 is 5.91 Å². The third-order valence-electron chi connectivity index (χ3n) is 8.83. The van der Waals surface area contributed by atoms with E-state index in [4.69, 9.17) is 28.4 Å². The van der Waals surface area contributed by atoms with Crippen molar-refractivity contribution in [3.63, 3.8) is 0 Å². The number of ether oxygens (including phenoxy) is 6. The highest BCUT2D eigenvalue weighted by atomic mass is 16.5. The lowest BCUT2D eigenvalue weighted by Gasteiger charge is -2.43. The van der Waals surface area contributed by atoms with Gasteiger partial charge in [0.15, 0.2) is 23.0 Å². The molecular formula is C32H45N2O8+. The SMILES string of the molecule is COc1cc(C(=O)N2CC[N+](CCC3CCCCC3)(C(=O)c3cc(OC)c(OC)c(OC)c3)CC2)cc(OC)c1OC. The number of quaternary nitrogens is 1. The molecule has 10 nitrogen and oxygen atoms in total. The first-order valence-electron chi connectivity index (χ1n) is 14.6. The molecule has 2 amide bonds. The van der Waals surface area contributed by atoms with Gasteiger partial charge in [-0.2, -0.15) is 0 Å². The van der Waals surface area contributed by atoms with Gasteiger partial charge in [0.05, 0.1) is 67.9 Å². The molecule has 1 heterocycles. The molecule has 10 heteroatoms. The second kappa shape index (κ2) is 14.0. The monoisotopic (exact) mass is 585 g/mol. The first-order chi connectivity index (χ1) is 20.3. The fourth-order valence-corrected chi connectivity index (χ4v) is 6.35. The summed E-state index contributed by atoms with van der Waals surface area (Å²) in [5, 5.41) is 0. The summed E-state index contributed by atoms with van der Waals surface area (Å²) in [7, 11) is 9.23. The molecule has 0 N–H and O–H groups in total. The van der Waals surface area contributed by atoms with Crippen LogP contribution >= 0.6 is 0 Å². The highest BCUT2D eigenvalue weighted by Gasteiger charge is 2.43. The zero-order valence-corrected chi connectivity index (χ0v) is 25.8. The Morgan fingerprint density at radius 1 is 0.690 bits per heavy atom. The minimum Gasteiger partial charge on any atom is -0.493 e. The van der Waals surface area contributed by atoms with Crippen LogP contribution in [0.3, 0.4) is 0 Å². The predicted molar refractivity (Wildman–Crippen MR) is 158 cm³/mol. The van der Waals surface area contributed by atoms with E-state index in [9.17, 15) is 9.59 Å². The summed E-state index contributed by atoms with van der Waals surface area (Å²) >= 11 is 0. The van der Waals surface area contributed by atoms with Crippen LogP contribution in [0.4, 0.5) is 0 Å². The highest BCUT2D eigenvalue weighted by Crippen LogP contribution is 2.40. The Hall–Kier alpha value is -3.66. The number of benzene rings is 2. The first kappa shape index (κ1) is 31.3. The van der Waals surface area contributed by atoms with Crippen molar-refractivity contribution < 1.29 is 42.5 Å². The van der Waals surface area contributed by atoms with Crippen LogP contribution in [0.15, 0.2) is 24.3 Å². The molecule has 1 saturated heterocycles. The van der Waals surface area contributed by atoms with Crippen molar-refractivity contribution >= 4 is 11.8 Å². The Morgan fingerprint density at radius 3 is 1.57 bits per heavy atom. The van der Waals surface area contributed by atoms with E-state index in [-0.39, 0.29) is 16.3 Å². The summed E-state index contributed by atoms with van der Waals surface area (Å²) in [6, 6.07) is 6.81. The van der Waals surface area contributed by atoms with Crippen LogP contribution in [0.5, 0.6) is 34.5 Å². The first-order valence-corrected chi connectivity index (χ1v) is 14.6. The van der Waals surface area contributed by atoms with Crippen LogP contribution in [0.25, 0.3) is 0 Å². The van der Waals surface area contributed by atoms with Crippen LogP contribution in [0, 0.1) is 5.92 Å². The molecule has 0 bridgehead atoms. The van der Waals surface area contributed by atoms with Gasteiger partial charge in [0.1, 0.15) is 13.1 Å². The number of amides is 2. The minimum atomic E-state index is -0.139. The maximum Gasteiger partial charge on any atom is 0.346 e. The standard InChI is InChI=1S/C32H45N2O8/c1-37-25-18-23(19-26(38-2)29(25)41-5)31(35)33-13-16-34(17-14-33,15-12-22-10-8-7-9-11-22)32(36)24-20-27(39-3)30(42-6)28(21-24)40-4/h18-22H,7-17H2,1-6H3/q+1. The van der Waals surface area contributed by atoms with Gasteiger partial charge in [0.2, 0.25) is 11.5 Å². The number of hydrogen-bond acceptors (Lipinski definition) is 8. The third-order valence-corrected chi connectivity index (χ3v) is 8.83. The molecule has 0 atom stereocenters. The van der Waals surface area contributed by atoms with Crippen molar-refractivity contribution in [2.45, 2.75) is 38.5 Å². The molecule has 230 valence electrons. The van der Waals surface area contributed by atoms with E-state index in [0.29, 0.717) is 77.7 Å². The summed E-state index contributed by atoms with van der Waals surface area (Å²) in [5.41, 5.74) is 0.959. The number of rotatable bonds is 11. The molecule has 0 spiro atoms.